The van der Waals surface area contributed by atoms with Crippen molar-refractivity contribution in [3.63, 3.8) is 0 Å². The molecule has 2 bridgehead atoms. The third-order valence-corrected chi connectivity index (χ3v) is 7.14. The average Bonchev–Trinajstić information content (AvgIpc) is 3.01. The van der Waals surface area contributed by atoms with Crippen molar-refractivity contribution in [3.05, 3.63) is 35.9 Å². The van der Waals surface area contributed by atoms with E-state index in [4.69, 9.17) is 14.5 Å². The number of guanidine groups is 1. The number of piperidine rings is 1. The first-order valence-electron chi connectivity index (χ1n) is 11.7. The second kappa shape index (κ2) is 11.8. The molecular formula is C24H39IN4O2. The van der Waals surface area contributed by atoms with Gasteiger partial charge in [0.15, 0.2) is 5.96 Å². The molecule has 0 amide bonds. The number of aliphatic imine (C=N–C) groups is 1. The lowest BCUT2D eigenvalue weighted by Gasteiger charge is -2.40. The normalized spacial score (nSPS) is 28.1. The van der Waals surface area contributed by atoms with Crippen molar-refractivity contribution in [2.24, 2.45) is 4.99 Å². The minimum absolute atomic E-state index is 0. The maximum absolute atomic E-state index is 5.86. The van der Waals surface area contributed by atoms with Crippen LogP contribution in [0.4, 0.5) is 0 Å². The third-order valence-electron chi connectivity index (χ3n) is 7.14. The van der Waals surface area contributed by atoms with Crippen LogP contribution in [-0.2, 0) is 16.0 Å². The highest BCUT2D eigenvalue weighted by Gasteiger charge is 2.41. The summed E-state index contributed by atoms with van der Waals surface area (Å²) in [6.07, 6.45) is 6.84. The van der Waals surface area contributed by atoms with Crippen molar-refractivity contribution in [2.75, 3.05) is 33.4 Å². The molecule has 2 unspecified atom stereocenters. The van der Waals surface area contributed by atoms with Crippen LogP contribution in [-0.4, -0.2) is 68.0 Å². The molecule has 4 rings (SSSR count). The number of halogens is 1. The van der Waals surface area contributed by atoms with Crippen LogP contribution < -0.4 is 10.6 Å². The van der Waals surface area contributed by atoms with E-state index >= 15 is 0 Å². The largest absolute Gasteiger partial charge is 0.381 e. The van der Waals surface area contributed by atoms with E-state index in [-0.39, 0.29) is 29.6 Å². The topological polar surface area (TPSA) is 58.1 Å². The number of methoxy groups -OCH3 is 1. The zero-order valence-electron chi connectivity index (χ0n) is 19.0. The number of fused-ring (bicyclic) bond motifs is 2. The molecule has 3 aliphatic rings. The third kappa shape index (κ3) is 6.33. The van der Waals surface area contributed by atoms with Gasteiger partial charge >= 0.3 is 0 Å². The Morgan fingerprint density at radius 2 is 1.84 bits per heavy atom. The predicted octanol–water partition coefficient (Wildman–Crippen LogP) is 3.55. The number of nitrogens with zero attached hydrogens (tertiary/aromatic N) is 2. The number of hydrogen-bond donors (Lipinski definition) is 2. The summed E-state index contributed by atoms with van der Waals surface area (Å²) >= 11 is 0. The van der Waals surface area contributed by atoms with Crippen molar-refractivity contribution in [2.45, 2.75) is 75.7 Å². The molecule has 31 heavy (non-hydrogen) atoms. The van der Waals surface area contributed by atoms with Gasteiger partial charge in [0.1, 0.15) is 0 Å². The molecule has 0 radical (unpaired) electrons. The summed E-state index contributed by atoms with van der Waals surface area (Å²) in [4.78, 5) is 7.67. The predicted molar refractivity (Wildman–Crippen MR) is 136 cm³/mol. The van der Waals surface area contributed by atoms with Crippen LogP contribution in [0.5, 0.6) is 0 Å². The molecule has 3 fully saturated rings. The van der Waals surface area contributed by atoms with E-state index in [0.717, 1.165) is 45.1 Å². The Hall–Kier alpha value is -0.900. The van der Waals surface area contributed by atoms with Gasteiger partial charge < -0.3 is 20.1 Å². The molecule has 2 N–H and O–H groups in total. The average molecular weight is 543 g/mol. The number of ether oxygens (including phenoxy) is 2. The van der Waals surface area contributed by atoms with Gasteiger partial charge in [-0.25, -0.2) is 0 Å². The molecule has 0 aromatic heterocycles. The van der Waals surface area contributed by atoms with Crippen molar-refractivity contribution < 1.29 is 9.47 Å². The summed E-state index contributed by atoms with van der Waals surface area (Å²) in [6.45, 7) is 6.28. The molecular weight excluding hydrogens is 503 g/mol. The van der Waals surface area contributed by atoms with E-state index in [0.29, 0.717) is 24.7 Å². The van der Waals surface area contributed by atoms with Gasteiger partial charge in [-0.3, -0.25) is 9.89 Å². The lowest BCUT2D eigenvalue weighted by atomic mass is 9.94. The van der Waals surface area contributed by atoms with Crippen molar-refractivity contribution in [1.29, 1.82) is 0 Å². The molecule has 174 valence electrons. The summed E-state index contributed by atoms with van der Waals surface area (Å²) in [6, 6.07) is 12.7. The number of rotatable bonds is 7. The molecule has 0 saturated carbocycles. The van der Waals surface area contributed by atoms with Gasteiger partial charge in [-0.2, -0.15) is 0 Å². The first-order chi connectivity index (χ1) is 14.7. The zero-order chi connectivity index (χ0) is 20.8. The number of hydrogen-bond acceptors (Lipinski definition) is 4. The lowest BCUT2D eigenvalue weighted by Crippen LogP contribution is -2.52. The Bertz CT molecular complexity index is 682. The molecule has 1 aromatic carbocycles. The summed E-state index contributed by atoms with van der Waals surface area (Å²) in [5, 5.41) is 7.20. The van der Waals surface area contributed by atoms with Crippen molar-refractivity contribution in [3.8, 4) is 0 Å². The van der Waals surface area contributed by atoms with Gasteiger partial charge in [-0.1, -0.05) is 30.3 Å². The minimum Gasteiger partial charge on any atom is -0.381 e. The molecule has 6 nitrogen and oxygen atoms in total. The summed E-state index contributed by atoms with van der Waals surface area (Å²) in [5.74, 6) is 0.932. The Kier molecular flexibility index (Phi) is 9.43. The van der Waals surface area contributed by atoms with E-state index in [9.17, 15) is 0 Å². The summed E-state index contributed by atoms with van der Waals surface area (Å²) in [5.41, 5.74) is 1.25. The fraction of sp³-hybridized carbons (Fsp3) is 0.708. The Morgan fingerprint density at radius 1 is 1.16 bits per heavy atom. The van der Waals surface area contributed by atoms with Crippen LogP contribution in [0.15, 0.2) is 35.3 Å². The quantitative estimate of drug-likeness (QED) is 0.314. The lowest BCUT2D eigenvalue weighted by molar-refractivity contribution is -0.0829. The Balaban J connectivity index is 0.00000272. The summed E-state index contributed by atoms with van der Waals surface area (Å²) < 4.78 is 11.4. The van der Waals surface area contributed by atoms with Crippen LogP contribution >= 0.6 is 24.0 Å². The molecule has 2 atom stereocenters. The molecule has 1 aromatic rings. The van der Waals surface area contributed by atoms with Gasteiger partial charge in [0, 0.05) is 64.4 Å². The van der Waals surface area contributed by atoms with Gasteiger partial charge in [0.05, 0.1) is 12.1 Å². The molecule has 0 aliphatic carbocycles. The fourth-order valence-corrected chi connectivity index (χ4v) is 5.35. The van der Waals surface area contributed by atoms with E-state index in [2.05, 4.69) is 52.8 Å². The van der Waals surface area contributed by atoms with Crippen molar-refractivity contribution in [1.82, 2.24) is 15.5 Å². The van der Waals surface area contributed by atoms with E-state index in [1.54, 1.807) is 7.11 Å². The minimum atomic E-state index is -0.182. The standard InChI is InChI=1S/C24H38N4O2.HI/c1-3-25-23(26-18-24(29-2)11-13-30-14-12-24)27-20-15-21-9-10-22(16-20)28(21)17-19-7-5-4-6-8-19;/h4-8,20-22H,3,9-18H2,1-2H3,(H2,25,26,27);1H. The van der Waals surface area contributed by atoms with E-state index < -0.39 is 0 Å². The Morgan fingerprint density at radius 3 is 2.45 bits per heavy atom. The highest BCUT2D eigenvalue weighted by atomic mass is 127. The van der Waals surface area contributed by atoms with Crippen molar-refractivity contribution >= 4 is 29.9 Å². The van der Waals surface area contributed by atoms with Crippen LogP contribution in [0, 0.1) is 0 Å². The zero-order valence-corrected chi connectivity index (χ0v) is 21.3. The highest BCUT2D eigenvalue weighted by molar-refractivity contribution is 14.0. The summed E-state index contributed by atoms with van der Waals surface area (Å²) in [7, 11) is 1.81. The maximum Gasteiger partial charge on any atom is 0.191 e. The Labute approximate surface area is 204 Å². The molecule has 0 spiro atoms. The molecule has 3 saturated heterocycles. The molecule has 7 heteroatoms. The van der Waals surface area contributed by atoms with Gasteiger partial charge in [0.2, 0.25) is 0 Å². The fourth-order valence-electron chi connectivity index (χ4n) is 5.35. The van der Waals surface area contributed by atoms with Crippen LogP contribution in [0.1, 0.15) is 51.0 Å². The second-order valence-electron chi connectivity index (χ2n) is 9.05. The SMILES string of the molecule is CCNC(=NCC1(OC)CCOCC1)NC1CC2CCC(C1)N2Cc1ccccc1.I. The van der Waals surface area contributed by atoms with Crippen LogP contribution in [0.25, 0.3) is 0 Å². The van der Waals surface area contributed by atoms with Crippen LogP contribution in [0.3, 0.4) is 0 Å². The number of benzene rings is 1. The van der Waals surface area contributed by atoms with Gasteiger partial charge in [-0.15, -0.1) is 24.0 Å². The number of nitrogens with one attached hydrogen (secondary N) is 2. The second-order valence-corrected chi connectivity index (χ2v) is 9.05. The van der Waals surface area contributed by atoms with Gasteiger partial charge in [-0.05, 0) is 38.2 Å². The molecule has 3 aliphatic heterocycles. The highest BCUT2D eigenvalue weighted by Crippen LogP contribution is 2.36. The molecule has 3 heterocycles. The van der Waals surface area contributed by atoms with Gasteiger partial charge in [0.25, 0.3) is 0 Å². The maximum atomic E-state index is 5.86. The first kappa shape index (κ1) is 24.7. The van der Waals surface area contributed by atoms with Crippen LogP contribution in [0.2, 0.25) is 0 Å². The monoisotopic (exact) mass is 542 g/mol. The first-order valence-corrected chi connectivity index (χ1v) is 11.7. The smallest absolute Gasteiger partial charge is 0.191 e. The van der Waals surface area contributed by atoms with E-state index in [1.165, 1.54) is 31.2 Å². The van der Waals surface area contributed by atoms with E-state index in [1.807, 2.05) is 0 Å².